The second-order valence-electron chi connectivity index (χ2n) is 5.20. The summed E-state index contributed by atoms with van der Waals surface area (Å²) in [4.78, 5) is 6.51. The van der Waals surface area contributed by atoms with Crippen molar-refractivity contribution in [2.24, 2.45) is 4.99 Å². The second kappa shape index (κ2) is 9.75. The summed E-state index contributed by atoms with van der Waals surface area (Å²) in [5.41, 5.74) is 1.03. The van der Waals surface area contributed by atoms with E-state index in [1.54, 1.807) is 0 Å². The van der Waals surface area contributed by atoms with Crippen molar-refractivity contribution >= 4 is 27.6 Å². The predicted octanol–water partition coefficient (Wildman–Crippen LogP) is 1.68. The lowest BCUT2D eigenvalue weighted by atomic mass is 10.2. The first-order valence-corrected chi connectivity index (χ1v) is 9.78. The quantitative estimate of drug-likeness (QED) is 0.420. The van der Waals surface area contributed by atoms with Gasteiger partial charge in [-0.1, -0.05) is 29.8 Å². The van der Waals surface area contributed by atoms with E-state index >= 15 is 0 Å². The zero-order valence-corrected chi connectivity index (χ0v) is 15.4. The van der Waals surface area contributed by atoms with Crippen LogP contribution in [0.5, 0.6) is 0 Å². The van der Waals surface area contributed by atoms with Crippen molar-refractivity contribution in [3.63, 3.8) is 0 Å². The van der Waals surface area contributed by atoms with Crippen molar-refractivity contribution in [2.45, 2.75) is 19.9 Å². The Morgan fingerprint density at radius 2 is 2.04 bits per heavy atom. The highest BCUT2D eigenvalue weighted by Crippen LogP contribution is 2.16. The van der Waals surface area contributed by atoms with Gasteiger partial charge in [0.15, 0.2) is 5.96 Å². The van der Waals surface area contributed by atoms with Crippen LogP contribution in [-0.4, -0.2) is 52.2 Å². The Morgan fingerprint density at radius 3 is 2.65 bits per heavy atom. The Bertz CT molecular complexity index is 620. The molecule has 0 aliphatic rings. The van der Waals surface area contributed by atoms with Gasteiger partial charge in [-0.05, 0) is 25.0 Å². The summed E-state index contributed by atoms with van der Waals surface area (Å²) < 4.78 is 24.4. The van der Waals surface area contributed by atoms with Crippen LogP contribution < -0.4 is 10.0 Å². The number of nitrogens with one attached hydrogen (secondary N) is 2. The molecule has 0 heterocycles. The number of benzene rings is 1. The van der Waals surface area contributed by atoms with Gasteiger partial charge >= 0.3 is 0 Å². The minimum Gasteiger partial charge on any atom is -0.357 e. The molecule has 0 aromatic heterocycles. The Kier molecular flexibility index (Phi) is 8.36. The smallest absolute Gasteiger partial charge is 0.208 e. The van der Waals surface area contributed by atoms with E-state index in [2.05, 4.69) is 15.0 Å². The van der Waals surface area contributed by atoms with E-state index in [4.69, 9.17) is 11.6 Å². The van der Waals surface area contributed by atoms with Crippen molar-refractivity contribution in [3.8, 4) is 0 Å². The molecule has 0 amide bonds. The molecule has 23 heavy (non-hydrogen) atoms. The molecule has 0 fully saturated rings. The number of rotatable bonds is 8. The summed E-state index contributed by atoms with van der Waals surface area (Å²) >= 11 is 6.19. The molecule has 0 saturated heterocycles. The summed E-state index contributed by atoms with van der Waals surface area (Å²) in [6.45, 7) is 4.33. The van der Waals surface area contributed by atoms with Gasteiger partial charge in [0.1, 0.15) is 0 Å². The zero-order chi connectivity index (χ0) is 17.3. The molecular weight excluding hydrogens is 336 g/mol. The molecule has 0 bridgehead atoms. The fraction of sp³-hybridized carbons (Fsp3) is 0.533. The fourth-order valence-corrected chi connectivity index (χ4v) is 2.66. The monoisotopic (exact) mass is 360 g/mol. The summed E-state index contributed by atoms with van der Waals surface area (Å²) in [6.07, 6.45) is 1.79. The van der Waals surface area contributed by atoms with Crippen LogP contribution in [0.25, 0.3) is 0 Å². The molecule has 2 N–H and O–H groups in total. The first-order chi connectivity index (χ1) is 10.8. The van der Waals surface area contributed by atoms with E-state index in [1.165, 1.54) is 0 Å². The van der Waals surface area contributed by atoms with Crippen LogP contribution in [-0.2, 0) is 16.6 Å². The Balaban J connectivity index is 2.58. The highest BCUT2D eigenvalue weighted by molar-refractivity contribution is 7.88. The van der Waals surface area contributed by atoms with Crippen LogP contribution in [0.3, 0.4) is 0 Å². The number of sulfonamides is 1. The average molecular weight is 361 g/mol. The molecule has 0 unspecified atom stereocenters. The van der Waals surface area contributed by atoms with Gasteiger partial charge in [-0.2, -0.15) is 0 Å². The number of nitrogens with zero attached hydrogens (tertiary/aromatic N) is 2. The van der Waals surface area contributed by atoms with Gasteiger partial charge in [-0.15, -0.1) is 0 Å². The third kappa shape index (κ3) is 8.20. The number of guanidine groups is 1. The van der Waals surface area contributed by atoms with Gasteiger partial charge in [-0.25, -0.2) is 13.1 Å². The van der Waals surface area contributed by atoms with Gasteiger partial charge in [-0.3, -0.25) is 4.99 Å². The molecule has 0 aliphatic carbocycles. The molecular formula is C15H25ClN4O2S. The third-order valence-electron chi connectivity index (χ3n) is 3.02. The van der Waals surface area contributed by atoms with Crippen molar-refractivity contribution in [2.75, 3.05) is 32.9 Å². The maximum Gasteiger partial charge on any atom is 0.208 e. The van der Waals surface area contributed by atoms with Crippen molar-refractivity contribution in [3.05, 3.63) is 34.9 Å². The molecule has 0 aliphatic heterocycles. The first-order valence-electron chi connectivity index (χ1n) is 7.51. The van der Waals surface area contributed by atoms with Gasteiger partial charge in [0.2, 0.25) is 10.0 Å². The Morgan fingerprint density at radius 1 is 1.35 bits per heavy atom. The van der Waals surface area contributed by atoms with E-state index in [9.17, 15) is 8.42 Å². The van der Waals surface area contributed by atoms with E-state index in [0.29, 0.717) is 26.1 Å². The van der Waals surface area contributed by atoms with Gasteiger partial charge < -0.3 is 10.2 Å². The number of hydrogen-bond acceptors (Lipinski definition) is 3. The lowest BCUT2D eigenvalue weighted by molar-refractivity contribution is 0.476. The molecule has 1 rings (SSSR count). The molecule has 0 spiro atoms. The maximum absolute atomic E-state index is 11.0. The van der Waals surface area contributed by atoms with Crippen LogP contribution in [0, 0.1) is 0 Å². The SMILES string of the molecule is CCNC(=NCCCNS(C)(=O)=O)N(C)Cc1ccccc1Cl. The number of halogens is 1. The van der Waals surface area contributed by atoms with Crippen LogP contribution >= 0.6 is 11.6 Å². The van der Waals surface area contributed by atoms with Crippen molar-refractivity contribution in [1.82, 2.24) is 14.9 Å². The van der Waals surface area contributed by atoms with Crippen molar-refractivity contribution < 1.29 is 8.42 Å². The average Bonchev–Trinajstić information content (AvgIpc) is 2.47. The summed E-state index contributed by atoms with van der Waals surface area (Å²) in [6, 6.07) is 7.71. The minimum atomic E-state index is -3.14. The number of aliphatic imine (C=N–C) groups is 1. The summed E-state index contributed by atoms with van der Waals surface area (Å²) in [5, 5.41) is 3.95. The molecule has 0 radical (unpaired) electrons. The lowest BCUT2D eigenvalue weighted by Gasteiger charge is -2.22. The Hall–Kier alpha value is -1.31. The highest BCUT2D eigenvalue weighted by Gasteiger charge is 2.08. The third-order valence-corrected chi connectivity index (χ3v) is 4.12. The van der Waals surface area contributed by atoms with Crippen LogP contribution in [0.2, 0.25) is 5.02 Å². The molecule has 0 saturated carbocycles. The molecule has 8 heteroatoms. The highest BCUT2D eigenvalue weighted by atomic mass is 35.5. The fourth-order valence-electron chi connectivity index (χ4n) is 1.95. The summed E-state index contributed by atoms with van der Waals surface area (Å²) in [5.74, 6) is 0.770. The topological polar surface area (TPSA) is 73.8 Å². The second-order valence-corrected chi connectivity index (χ2v) is 7.44. The van der Waals surface area contributed by atoms with Gasteiger partial charge in [0.05, 0.1) is 6.26 Å². The maximum atomic E-state index is 11.0. The molecule has 6 nitrogen and oxygen atoms in total. The van der Waals surface area contributed by atoms with Gasteiger partial charge in [0, 0.05) is 38.2 Å². The first kappa shape index (κ1) is 19.7. The minimum absolute atomic E-state index is 0.385. The van der Waals surface area contributed by atoms with Crippen LogP contribution in [0.15, 0.2) is 29.3 Å². The molecule has 1 aromatic rings. The van der Waals surface area contributed by atoms with E-state index < -0.39 is 10.0 Å². The predicted molar refractivity (Wildman–Crippen MR) is 96.4 cm³/mol. The molecule has 1 aromatic carbocycles. The van der Waals surface area contributed by atoms with E-state index in [-0.39, 0.29) is 0 Å². The normalized spacial score (nSPS) is 12.3. The lowest BCUT2D eigenvalue weighted by Crippen LogP contribution is -2.38. The van der Waals surface area contributed by atoms with Crippen molar-refractivity contribution in [1.29, 1.82) is 0 Å². The van der Waals surface area contributed by atoms with Gasteiger partial charge in [0.25, 0.3) is 0 Å². The number of hydrogen-bond donors (Lipinski definition) is 2. The Labute approximate surface area is 144 Å². The molecule has 130 valence electrons. The van der Waals surface area contributed by atoms with E-state index in [1.807, 2.05) is 43.1 Å². The van der Waals surface area contributed by atoms with E-state index in [0.717, 1.165) is 29.3 Å². The summed E-state index contributed by atoms with van der Waals surface area (Å²) in [7, 11) is -1.19. The van der Waals surface area contributed by atoms with Crippen LogP contribution in [0.1, 0.15) is 18.9 Å². The van der Waals surface area contributed by atoms with Crippen LogP contribution in [0.4, 0.5) is 0 Å². The zero-order valence-electron chi connectivity index (χ0n) is 13.8. The standard InChI is InChI=1S/C15H25ClN4O2S/c1-4-17-15(18-10-7-11-19-23(3,21)22)20(2)12-13-8-5-6-9-14(13)16/h5-6,8-9,19H,4,7,10-12H2,1-3H3,(H,17,18). The largest absolute Gasteiger partial charge is 0.357 e. The molecule has 0 atom stereocenters.